The molecule has 0 radical (unpaired) electrons. The second-order valence-corrected chi connectivity index (χ2v) is 15.3. The van der Waals surface area contributed by atoms with Gasteiger partial charge in [-0.2, -0.15) is 0 Å². The molecule has 0 aromatic heterocycles. The molecule has 1 heterocycles. The largest absolute Gasteiger partial charge is 0.310 e. The predicted molar refractivity (Wildman–Crippen MR) is 220 cm³/mol. The number of para-hydroxylation sites is 1. The zero-order chi connectivity index (χ0) is 35.3. The first-order valence-electron chi connectivity index (χ1n) is 18.7. The summed E-state index contributed by atoms with van der Waals surface area (Å²) >= 11 is 0. The molecule has 0 saturated heterocycles. The van der Waals surface area contributed by atoms with Crippen LogP contribution in [0.3, 0.4) is 0 Å². The van der Waals surface area contributed by atoms with Gasteiger partial charge in [0.1, 0.15) is 0 Å². The quantitative estimate of drug-likeness (QED) is 0.180. The average molecular weight is 676 g/mol. The molecule has 0 N–H and O–H groups in total. The molecule has 0 atom stereocenters. The van der Waals surface area contributed by atoms with Crippen LogP contribution in [0.5, 0.6) is 0 Å². The van der Waals surface area contributed by atoms with Crippen LogP contribution in [-0.2, 0) is 10.8 Å². The number of benzene rings is 8. The van der Waals surface area contributed by atoms with E-state index in [9.17, 15) is 0 Å². The molecule has 250 valence electrons. The lowest BCUT2D eigenvalue weighted by Gasteiger charge is -2.42. The Bertz CT molecular complexity index is 2710. The first-order valence-corrected chi connectivity index (χ1v) is 18.7. The minimum Gasteiger partial charge on any atom is -0.310 e. The van der Waals surface area contributed by atoms with Crippen molar-refractivity contribution in [2.24, 2.45) is 0 Å². The van der Waals surface area contributed by atoms with Crippen LogP contribution in [0.4, 0.5) is 17.1 Å². The Kier molecular flexibility index (Phi) is 6.29. The maximum atomic E-state index is 2.50. The van der Waals surface area contributed by atoms with Gasteiger partial charge in [-0.15, -0.1) is 0 Å². The van der Waals surface area contributed by atoms with Crippen molar-refractivity contribution < 1.29 is 0 Å². The van der Waals surface area contributed by atoms with Crippen molar-refractivity contribution in [1.29, 1.82) is 0 Å². The Morgan fingerprint density at radius 1 is 0.321 bits per heavy atom. The summed E-state index contributed by atoms with van der Waals surface area (Å²) in [7, 11) is 0. The third-order valence-electron chi connectivity index (χ3n) is 12.3. The van der Waals surface area contributed by atoms with Crippen molar-refractivity contribution in [1.82, 2.24) is 0 Å². The normalized spacial score (nSPS) is 14.9. The van der Waals surface area contributed by atoms with E-state index in [1.54, 1.807) is 0 Å². The van der Waals surface area contributed by atoms with Crippen molar-refractivity contribution >= 4 is 17.1 Å². The van der Waals surface area contributed by atoms with Gasteiger partial charge in [0.25, 0.3) is 0 Å². The molecule has 2 aliphatic carbocycles. The molecule has 0 bridgehead atoms. The summed E-state index contributed by atoms with van der Waals surface area (Å²) < 4.78 is 0. The summed E-state index contributed by atoms with van der Waals surface area (Å²) in [4.78, 5) is 2.47. The molecule has 0 fully saturated rings. The van der Waals surface area contributed by atoms with Crippen LogP contribution in [-0.4, -0.2) is 0 Å². The monoisotopic (exact) mass is 675 g/mol. The molecule has 3 aliphatic rings. The van der Waals surface area contributed by atoms with Crippen molar-refractivity contribution in [2.45, 2.75) is 24.7 Å². The number of hydrogen-bond donors (Lipinski definition) is 0. The summed E-state index contributed by atoms with van der Waals surface area (Å²) in [6.45, 7) is 4.76. The van der Waals surface area contributed by atoms with Gasteiger partial charge in [0.05, 0.1) is 16.8 Å². The summed E-state index contributed by atoms with van der Waals surface area (Å²) in [6.07, 6.45) is 0. The van der Waals surface area contributed by atoms with Gasteiger partial charge in [-0.25, -0.2) is 0 Å². The second-order valence-electron chi connectivity index (χ2n) is 15.3. The Labute approximate surface area is 311 Å². The highest BCUT2D eigenvalue weighted by molar-refractivity contribution is 5.96. The highest BCUT2D eigenvalue weighted by atomic mass is 15.2. The number of anilines is 3. The summed E-state index contributed by atoms with van der Waals surface area (Å²) in [5, 5.41) is 0. The average Bonchev–Trinajstić information content (AvgIpc) is 3.68. The van der Waals surface area contributed by atoms with Gasteiger partial charge in [-0.3, -0.25) is 0 Å². The fourth-order valence-electron chi connectivity index (χ4n) is 9.89. The maximum absolute atomic E-state index is 2.50. The van der Waals surface area contributed by atoms with Crippen molar-refractivity contribution in [3.63, 3.8) is 0 Å². The van der Waals surface area contributed by atoms with Crippen molar-refractivity contribution in [3.05, 3.63) is 221 Å². The Hall–Kier alpha value is -6.44. The molecule has 8 aromatic carbocycles. The standard InChI is InChI=1S/C52H37N/c1-51(2)46-25-12-13-26-49(46)53(38-18-14-17-35(31-38)34-15-4-3-5-16-34)50-30-28-37(33-48(50)51)36-27-29-42-41-21-8-11-24-45(41)52(47(42)32-36)43-22-9-6-19-39(43)40-20-7-10-23-44(40)52/h3-33H,1-2H3. The SMILES string of the molecule is CC1(C)c2ccccc2N(c2cccc(-c3ccccc3)c2)c2ccc(-c3ccc4c(c3)C3(c5ccccc5-c5ccccc53)c3ccccc3-4)cc21. The van der Waals surface area contributed by atoms with E-state index in [2.05, 4.69) is 207 Å². The summed E-state index contributed by atoms with van der Waals surface area (Å²) in [5.41, 5.74) is 21.5. The first kappa shape index (κ1) is 30.2. The predicted octanol–water partition coefficient (Wildman–Crippen LogP) is 13.5. The van der Waals surface area contributed by atoms with Crippen LogP contribution in [0.15, 0.2) is 188 Å². The molecule has 11 rings (SSSR count). The van der Waals surface area contributed by atoms with E-state index in [4.69, 9.17) is 0 Å². The third-order valence-corrected chi connectivity index (χ3v) is 12.3. The number of hydrogen-bond acceptors (Lipinski definition) is 1. The molecule has 0 amide bonds. The smallest absolute Gasteiger partial charge is 0.0725 e. The molecular weight excluding hydrogens is 639 g/mol. The Morgan fingerprint density at radius 2 is 0.792 bits per heavy atom. The van der Waals surface area contributed by atoms with Crippen molar-refractivity contribution in [2.75, 3.05) is 4.90 Å². The van der Waals surface area contributed by atoms with E-state index in [0.29, 0.717) is 0 Å². The van der Waals surface area contributed by atoms with Crippen LogP contribution >= 0.6 is 0 Å². The van der Waals surface area contributed by atoms with Crippen LogP contribution in [0.2, 0.25) is 0 Å². The van der Waals surface area contributed by atoms with Crippen LogP contribution < -0.4 is 4.90 Å². The van der Waals surface area contributed by atoms with Gasteiger partial charge in [0, 0.05) is 11.1 Å². The molecule has 1 heteroatoms. The van der Waals surface area contributed by atoms with Crippen LogP contribution in [0, 0.1) is 0 Å². The van der Waals surface area contributed by atoms with E-state index in [-0.39, 0.29) is 10.8 Å². The van der Waals surface area contributed by atoms with Gasteiger partial charge < -0.3 is 4.90 Å². The zero-order valence-electron chi connectivity index (χ0n) is 29.8. The van der Waals surface area contributed by atoms with E-state index in [1.807, 2.05) is 0 Å². The van der Waals surface area contributed by atoms with Crippen LogP contribution in [0.25, 0.3) is 44.5 Å². The van der Waals surface area contributed by atoms with Crippen molar-refractivity contribution in [3.8, 4) is 44.5 Å². The van der Waals surface area contributed by atoms with E-state index >= 15 is 0 Å². The molecule has 8 aromatic rings. The highest BCUT2D eigenvalue weighted by Crippen LogP contribution is 2.63. The maximum Gasteiger partial charge on any atom is 0.0725 e. The lowest BCUT2D eigenvalue weighted by atomic mass is 9.70. The lowest BCUT2D eigenvalue weighted by molar-refractivity contribution is 0.632. The Morgan fingerprint density at radius 3 is 1.45 bits per heavy atom. The van der Waals surface area contributed by atoms with E-state index in [0.717, 1.165) is 0 Å². The summed E-state index contributed by atoms with van der Waals surface area (Å²) in [5.74, 6) is 0. The minimum absolute atomic E-state index is 0.201. The zero-order valence-corrected chi connectivity index (χ0v) is 29.8. The Balaban J connectivity index is 1.11. The molecule has 0 saturated carbocycles. The van der Waals surface area contributed by atoms with Gasteiger partial charge in [0.15, 0.2) is 0 Å². The van der Waals surface area contributed by atoms with Crippen LogP contribution in [0.1, 0.15) is 47.2 Å². The lowest BCUT2D eigenvalue weighted by Crippen LogP contribution is -2.30. The molecule has 1 aliphatic heterocycles. The number of rotatable bonds is 3. The molecular formula is C52H37N. The fourth-order valence-corrected chi connectivity index (χ4v) is 9.89. The van der Waals surface area contributed by atoms with Gasteiger partial charge >= 0.3 is 0 Å². The number of nitrogens with zero attached hydrogens (tertiary/aromatic N) is 1. The highest BCUT2D eigenvalue weighted by Gasteiger charge is 2.51. The summed E-state index contributed by atoms with van der Waals surface area (Å²) in [6, 6.07) is 70.1. The minimum atomic E-state index is -0.359. The first-order chi connectivity index (χ1) is 26.0. The third kappa shape index (κ3) is 4.08. The number of fused-ring (bicyclic) bond motifs is 12. The van der Waals surface area contributed by atoms with Gasteiger partial charge in [-0.05, 0) is 114 Å². The van der Waals surface area contributed by atoms with E-state index < -0.39 is 0 Å². The molecule has 53 heavy (non-hydrogen) atoms. The molecule has 1 nitrogen and oxygen atoms in total. The molecule has 0 unspecified atom stereocenters. The topological polar surface area (TPSA) is 3.24 Å². The fraction of sp³-hybridized carbons (Fsp3) is 0.0769. The van der Waals surface area contributed by atoms with E-state index in [1.165, 1.54) is 95.0 Å². The van der Waals surface area contributed by atoms with Gasteiger partial charge in [0.2, 0.25) is 0 Å². The second kappa shape index (κ2) is 11.0. The molecule has 1 spiro atoms. The van der Waals surface area contributed by atoms with Gasteiger partial charge in [-0.1, -0.05) is 166 Å².